The largest absolute Gasteiger partial charge is 0.295 e. The number of hydrogen-bond acceptors (Lipinski definition) is 3. The van der Waals surface area contributed by atoms with Crippen LogP contribution >= 0.6 is 15.9 Å². The molecule has 0 aliphatic heterocycles. The Morgan fingerprint density at radius 1 is 0.900 bits per heavy atom. The number of fused-ring (bicyclic) bond motifs is 1. The Morgan fingerprint density at radius 2 is 1.45 bits per heavy atom. The van der Waals surface area contributed by atoms with Gasteiger partial charge in [-0.25, -0.2) is 4.68 Å². The van der Waals surface area contributed by atoms with Crippen molar-refractivity contribution in [3.05, 3.63) is 155 Å². The summed E-state index contributed by atoms with van der Waals surface area (Å²) in [5.41, 5.74) is 5.91. The first-order chi connectivity index (χ1) is 19.5. The number of nitrogens with zero attached hydrogens (tertiary/aromatic N) is 4. The summed E-state index contributed by atoms with van der Waals surface area (Å²) in [5, 5.41) is 10.8. The molecule has 0 bridgehead atoms. The average Bonchev–Trinajstić information content (AvgIpc) is 3.59. The van der Waals surface area contributed by atoms with Crippen molar-refractivity contribution in [3.63, 3.8) is 0 Å². The Bertz CT molecular complexity index is 1730. The van der Waals surface area contributed by atoms with E-state index in [9.17, 15) is 4.79 Å². The molecule has 5 nitrogen and oxygen atoms in total. The second-order valence-electron chi connectivity index (χ2n) is 9.78. The van der Waals surface area contributed by atoms with E-state index in [0.29, 0.717) is 0 Å². The molecule has 6 rings (SSSR count). The maximum atomic E-state index is 12.5. The zero-order valence-corrected chi connectivity index (χ0v) is 23.6. The van der Waals surface area contributed by atoms with Gasteiger partial charge in [0.1, 0.15) is 11.2 Å². The lowest BCUT2D eigenvalue weighted by atomic mass is 9.77. The van der Waals surface area contributed by atoms with E-state index in [0.717, 1.165) is 48.9 Å². The molecule has 0 saturated heterocycles. The van der Waals surface area contributed by atoms with Crippen LogP contribution < -0.4 is 0 Å². The normalized spacial score (nSPS) is 11.6. The van der Waals surface area contributed by atoms with Gasteiger partial charge in [0.25, 0.3) is 0 Å². The molecule has 2 aromatic heterocycles. The molecular weight excluding hydrogens is 560 g/mol. The molecule has 4 aromatic carbocycles. The summed E-state index contributed by atoms with van der Waals surface area (Å²) in [4.78, 5) is 12.5. The minimum atomic E-state index is -0.809. The summed E-state index contributed by atoms with van der Waals surface area (Å²) >= 11 is 3.74. The molecule has 196 valence electrons. The van der Waals surface area contributed by atoms with Crippen molar-refractivity contribution in [2.75, 3.05) is 0 Å². The fraction of sp³-hybridized carbons (Fsp3) is 0.0882. The number of aromatic nitrogens is 4. The molecule has 2 heterocycles. The van der Waals surface area contributed by atoms with Crippen molar-refractivity contribution in [1.82, 2.24) is 19.6 Å². The second-order valence-corrected chi connectivity index (χ2v) is 10.6. The van der Waals surface area contributed by atoms with Crippen molar-refractivity contribution in [2.45, 2.75) is 12.0 Å². The van der Waals surface area contributed by atoms with E-state index >= 15 is 0 Å². The number of carbonyl (C=O) groups is 1. The molecule has 0 fully saturated rings. The number of ketones is 1. The van der Waals surface area contributed by atoms with Crippen LogP contribution in [0, 0.1) is 0 Å². The Kier molecular flexibility index (Phi) is 6.78. The van der Waals surface area contributed by atoms with Crippen LogP contribution in [0.25, 0.3) is 22.2 Å². The van der Waals surface area contributed by atoms with Gasteiger partial charge in [-0.2, -0.15) is 10.2 Å². The Balaban J connectivity index is 1.79. The molecule has 40 heavy (non-hydrogen) atoms. The number of carbonyl (C=O) groups excluding carboxylic acids is 1. The van der Waals surface area contributed by atoms with E-state index in [1.807, 2.05) is 37.6 Å². The lowest BCUT2D eigenvalue weighted by Crippen LogP contribution is -2.38. The minimum Gasteiger partial charge on any atom is -0.295 e. The molecule has 0 atom stereocenters. The van der Waals surface area contributed by atoms with Crippen LogP contribution in [-0.4, -0.2) is 25.3 Å². The molecule has 0 radical (unpaired) electrons. The fourth-order valence-electron chi connectivity index (χ4n) is 5.49. The highest BCUT2D eigenvalue weighted by molar-refractivity contribution is 9.10. The van der Waals surface area contributed by atoms with E-state index in [1.54, 1.807) is 4.68 Å². The number of halogens is 1. The Morgan fingerprint density at radius 3 is 1.93 bits per heavy atom. The number of allylic oxidation sites excluding steroid dienone is 1. The number of benzene rings is 4. The van der Waals surface area contributed by atoms with Gasteiger partial charge in [0.15, 0.2) is 5.78 Å². The summed E-state index contributed by atoms with van der Waals surface area (Å²) in [7, 11) is 1.90. The van der Waals surface area contributed by atoms with E-state index in [2.05, 4.69) is 117 Å². The minimum absolute atomic E-state index is 0.0426. The number of rotatable bonds is 8. The lowest BCUT2D eigenvalue weighted by Gasteiger charge is -2.37. The predicted octanol–water partition coefficient (Wildman–Crippen LogP) is 7.34. The van der Waals surface area contributed by atoms with Gasteiger partial charge in [-0.1, -0.05) is 114 Å². The number of aryl methyl sites for hydroxylation is 1. The van der Waals surface area contributed by atoms with Gasteiger partial charge < -0.3 is 0 Å². The van der Waals surface area contributed by atoms with Gasteiger partial charge in [0, 0.05) is 35.1 Å². The van der Waals surface area contributed by atoms with Crippen LogP contribution in [0.4, 0.5) is 0 Å². The standard InChI is InChI=1S/C34H27BrN4O/c1-3-29(40)19-24-20-32-30(21-31(24)35)33(25-22-36-38(2)23-25)37-39(32)34(26-13-7-4-8-14-26,27-15-9-5-10-16-27)28-17-11-6-12-18-28/h3-18,20-23H,1,19H2,2H3. The molecule has 0 aliphatic carbocycles. The van der Waals surface area contributed by atoms with Gasteiger partial charge in [-0.15, -0.1) is 0 Å². The van der Waals surface area contributed by atoms with Crippen LogP contribution in [0.15, 0.2) is 133 Å². The fourth-order valence-corrected chi connectivity index (χ4v) is 5.97. The van der Waals surface area contributed by atoms with E-state index in [-0.39, 0.29) is 12.2 Å². The highest BCUT2D eigenvalue weighted by atomic mass is 79.9. The van der Waals surface area contributed by atoms with Gasteiger partial charge in [-0.05, 0) is 40.5 Å². The van der Waals surface area contributed by atoms with Crippen molar-refractivity contribution in [1.29, 1.82) is 0 Å². The van der Waals surface area contributed by atoms with E-state index in [4.69, 9.17) is 5.10 Å². The first-order valence-corrected chi connectivity index (χ1v) is 13.8. The van der Waals surface area contributed by atoms with Crippen molar-refractivity contribution in [3.8, 4) is 11.3 Å². The quantitative estimate of drug-likeness (QED) is 0.138. The van der Waals surface area contributed by atoms with Gasteiger partial charge in [-0.3, -0.25) is 9.48 Å². The van der Waals surface area contributed by atoms with Crippen molar-refractivity contribution < 1.29 is 4.79 Å². The summed E-state index contributed by atoms with van der Waals surface area (Å²) in [6.45, 7) is 3.68. The molecule has 6 heteroatoms. The SMILES string of the molecule is C=CC(=O)Cc1cc2c(cc1Br)c(-c1cnn(C)c1)nn2C(c1ccccc1)(c1ccccc1)c1ccccc1. The summed E-state index contributed by atoms with van der Waals surface area (Å²) in [5.74, 6) is -0.0426. The molecule has 0 saturated carbocycles. The predicted molar refractivity (Wildman–Crippen MR) is 163 cm³/mol. The van der Waals surface area contributed by atoms with Crippen molar-refractivity contribution >= 4 is 32.6 Å². The Hall–Kier alpha value is -4.55. The highest BCUT2D eigenvalue weighted by Gasteiger charge is 2.41. The molecule has 0 amide bonds. The third-order valence-electron chi connectivity index (χ3n) is 7.31. The maximum absolute atomic E-state index is 12.5. The first kappa shape index (κ1) is 25.7. The van der Waals surface area contributed by atoms with Crippen LogP contribution in [0.5, 0.6) is 0 Å². The van der Waals surface area contributed by atoms with Gasteiger partial charge in [0.05, 0.1) is 11.7 Å². The monoisotopic (exact) mass is 586 g/mol. The van der Waals surface area contributed by atoms with E-state index < -0.39 is 5.54 Å². The Labute approximate surface area is 241 Å². The smallest absolute Gasteiger partial charge is 0.159 e. The van der Waals surface area contributed by atoms with Crippen molar-refractivity contribution in [2.24, 2.45) is 7.05 Å². The second kappa shape index (κ2) is 10.5. The van der Waals surface area contributed by atoms with Gasteiger partial charge >= 0.3 is 0 Å². The van der Waals surface area contributed by atoms with Gasteiger partial charge in [0.2, 0.25) is 0 Å². The topological polar surface area (TPSA) is 52.7 Å². The first-order valence-electron chi connectivity index (χ1n) is 13.0. The highest BCUT2D eigenvalue weighted by Crippen LogP contribution is 2.44. The summed E-state index contributed by atoms with van der Waals surface area (Å²) in [6.07, 6.45) is 5.43. The lowest BCUT2D eigenvalue weighted by molar-refractivity contribution is -0.114. The third kappa shape index (κ3) is 4.31. The number of hydrogen-bond donors (Lipinski definition) is 0. The van der Waals surface area contributed by atoms with E-state index in [1.165, 1.54) is 6.08 Å². The maximum Gasteiger partial charge on any atom is 0.159 e. The summed E-state index contributed by atoms with van der Waals surface area (Å²) < 4.78 is 4.76. The zero-order chi connectivity index (χ0) is 27.7. The molecule has 0 spiro atoms. The summed E-state index contributed by atoms with van der Waals surface area (Å²) in [6, 6.07) is 35.5. The van der Waals surface area contributed by atoms with Crippen LogP contribution in [0.1, 0.15) is 22.3 Å². The molecule has 6 aromatic rings. The molecule has 0 N–H and O–H groups in total. The third-order valence-corrected chi connectivity index (χ3v) is 8.05. The van der Waals surface area contributed by atoms with Crippen LogP contribution in [0.3, 0.4) is 0 Å². The van der Waals surface area contributed by atoms with Crippen LogP contribution in [0.2, 0.25) is 0 Å². The zero-order valence-electron chi connectivity index (χ0n) is 22.0. The molecule has 0 unspecified atom stereocenters. The van der Waals surface area contributed by atoms with Crippen LogP contribution in [-0.2, 0) is 23.8 Å². The molecular formula is C34H27BrN4O. The molecule has 0 aliphatic rings. The average molecular weight is 588 g/mol.